The van der Waals surface area contributed by atoms with Crippen molar-refractivity contribution in [2.24, 2.45) is 0 Å². The summed E-state index contributed by atoms with van der Waals surface area (Å²) < 4.78 is 0. The van der Waals surface area contributed by atoms with Crippen LogP contribution in [0, 0.1) is 0 Å². The highest BCUT2D eigenvalue weighted by atomic mass is 16.4. The monoisotopic (exact) mass is 251 g/mol. The van der Waals surface area contributed by atoms with Crippen LogP contribution in [0.2, 0.25) is 0 Å². The molecule has 0 aliphatic heterocycles. The van der Waals surface area contributed by atoms with Gasteiger partial charge in [-0.05, 0) is 12.5 Å². The van der Waals surface area contributed by atoms with E-state index in [9.17, 15) is 14.7 Å². The first kappa shape index (κ1) is 14.0. The van der Waals surface area contributed by atoms with Crippen molar-refractivity contribution in [2.45, 2.75) is 25.8 Å². The fourth-order valence-electron chi connectivity index (χ4n) is 1.57. The Kier molecular flexibility index (Phi) is 5.17. The lowest BCUT2D eigenvalue weighted by molar-refractivity contribution is -0.137. The van der Waals surface area contributed by atoms with Gasteiger partial charge in [0.25, 0.3) is 0 Å². The van der Waals surface area contributed by atoms with E-state index in [2.05, 4.69) is 0 Å². The lowest BCUT2D eigenvalue weighted by Crippen LogP contribution is -2.26. The van der Waals surface area contributed by atoms with E-state index in [0.29, 0.717) is 18.5 Å². The lowest BCUT2D eigenvalue weighted by Gasteiger charge is -2.17. The average molecular weight is 251 g/mol. The van der Waals surface area contributed by atoms with E-state index in [1.165, 1.54) is 4.90 Å². The van der Waals surface area contributed by atoms with Crippen LogP contribution in [-0.4, -0.2) is 34.0 Å². The topological polar surface area (TPSA) is 77.8 Å². The van der Waals surface area contributed by atoms with Gasteiger partial charge in [-0.15, -0.1) is 0 Å². The zero-order chi connectivity index (χ0) is 13.5. The Hall–Kier alpha value is -2.04. The fourth-order valence-corrected chi connectivity index (χ4v) is 1.57. The van der Waals surface area contributed by atoms with Gasteiger partial charge in [-0.2, -0.15) is 0 Å². The molecule has 0 bridgehead atoms. The highest BCUT2D eigenvalue weighted by Crippen LogP contribution is 2.17. The van der Waals surface area contributed by atoms with Crippen LogP contribution < -0.4 is 0 Å². The normalized spacial score (nSPS) is 10.1. The lowest BCUT2D eigenvalue weighted by atomic mass is 10.1. The predicted molar refractivity (Wildman–Crippen MR) is 66.1 cm³/mol. The quantitative estimate of drug-likeness (QED) is 0.805. The summed E-state index contributed by atoms with van der Waals surface area (Å²) >= 11 is 0. The van der Waals surface area contributed by atoms with Crippen LogP contribution in [0.1, 0.15) is 24.8 Å². The van der Waals surface area contributed by atoms with Crippen molar-refractivity contribution in [2.75, 3.05) is 7.05 Å². The number of nitrogens with zero attached hydrogens (tertiary/aromatic N) is 1. The van der Waals surface area contributed by atoms with Crippen LogP contribution in [0.5, 0.6) is 5.75 Å². The number of rotatable bonds is 6. The minimum Gasteiger partial charge on any atom is -0.508 e. The Labute approximate surface area is 106 Å². The first-order valence-corrected chi connectivity index (χ1v) is 5.73. The van der Waals surface area contributed by atoms with Crippen molar-refractivity contribution in [3.05, 3.63) is 29.8 Å². The summed E-state index contributed by atoms with van der Waals surface area (Å²) in [6.07, 6.45) is 0.534. The second-order valence-corrected chi connectivity index (χ2v) is 4.13. The number of amides is 1. The fraction of sp³-hybridized carbons (Fsp3) is 0.385. The van der Waals surface area contributed by atoms with Crippen LogP contribution in [0.4, 0.5) is 0 Å². The maximum Gasteiger partial charge on any atom is 0.303 e. The number of hydrogen-bond donors (Lipinski definition) is 2. The molecule has 0 saturated heterocycles. The van der Waals surface area contributed by atoms with Crippen molar-refractivity contribution in [3.63, 3.8) is 0 Å². The standard InChI is InChI=1S/C13H17NO4/c1-14(12(16)7-4-8-13(17)18)9-10-5-2-3-6-11(10)15/h2-3,5-6,15H,4,7-9H2,1H3,(H,17,18). The molecule has 0 atom stereocenters. The van der Waals surface area contributed by atoms with Gasteiger partial charge in [-0.1, -0.05) is 18.2 Å². The largest absolute Gasteiger partial charge is 0.508 e. The molecule has 5 nitrogen and oxygen atoms in total. The zero-order valence-electron chi connectivity index (χ0n) is 10.3. The molecule has 1 aromatic rings. The molecule has 2 N–H and O–H groups in total. The molecule has 5 heteroatoms. The maximum atomic E-state index is 11.7. The molecule has 0 radical (unpaired) electrons. The highest BCUT2D eigenvalue weighted by molar-refractivity contribution is 5.76. The molecule has 1 amide bonds. The Morgan fingerprint density at radius 3 is 2.50 bits per heavy atom. The molecule has 0 aliphatic carbocycles. The molecule has 1 rings (SSSR count). The summed E-state index contributed by atoms with van der Waals surface area (Å²) in [7, 11) is 1.63. The summed E-state index contributed by atoms with van der Waals surface area (Å²) in [6, 6.07) is 6.82. The van der Waals surface area contributed by atoms with E-state index in [1.54, 1.807) is 31.3 Å². The number of phenolic OH excluding ortho intramolecular Hbond substituents is 1. The highest BCUT2D eigenvalue weighted by Gasteiger charge is 2.11. The van der Waals surface area contributed by atoms with E-state index in [4.69, 9.17) is 5.11 Å². The Morgan fingerprint density at radius 1 is 1.22 bits per heavy atom. The summed E-state index contributed by atoms with van der Waals surface area (Å²) in [5.41, 5.74) is 0.673. The van der Waals surface area contributed by atoms with Crippen LogP contribution in [0.15, 0.2) is 24.3 Å². The molecule has 0 unspecified atom stereocenters. The van der Waals surface area contributed by atoms with Crippen molar-refractivity contribution in [1.82, 2.24) is 4.90 Å². The van der Waals surface area contributed by atoms with Gasteiger partial charge in [0.2, 0.25) is 5.91 Å². The van der Waals surface area contributed by atoms with Gasteiger partial charge in [0.15, 0.2) is 0 Å². The van der Waals surface area contributed by atoms with Crippen LogP contribution in [0.3, 0.4) is 0 Å². The second kappa shape index (κ2) is 6.64. The predicted octanol–water partition coefficient (Wildman–Crippen LogP) is 1.61. The third-order valence-electron chi connectivity index (χ3n) is 2.61. The minimum absolute atomic E-state index is 0.00380. The zero-order valence-corrected chi connectivity index (χ0v) is 10.3. The Balaban J connectivity index is 2.45. The number of hydrogen-bond acceptors (Lipinski definition) is 3. The Morgan fingerprint density at radius 2 is 1.89 bits per heavy atom. The molecule has 18 heavy (non-hydrogen) atoms. The molecule has 0 heterocycles. The average Bonchev–Trinajstić information content (AvgIpc) is 2.31. The first-order chi connectivity index (χ1) is 8.50. The molecule has 0 aromatic heterocycles. The van der Waals surface area contributed by atoms with Crippen LogP contribution >= 0.6 is 0 Å². The maximum absolute atomic E-state index is 11.7. The molecule has 1 aromatic carbocycles. The van der Waals surface area contributed by atoms with Gasteiger partial charge in [0.05, 0.1) is 0 Å². The van der Waals surface area contributed by atoms with Crippen molar-refractivity contribution in [3.8, 4) is 5.75 Å². The minimum atomic E-state index is -0.897. The molecular weight excluding hydrogens is 234 g/mol. The van der Waals surface area contributed by atoms with Crippen LogP contribution in [-0.2, 0) is 16.1 Å². The Bertz CT molecular complexity index is 431. The summed E-state index contributed by atoms with van der Waals surface area (Å²) in [6.45, 7) is 0.318. The molecule has 98 valence electrons. The molecule has 0 fully saturated rings. The second-order valence-electron chi connectivity index (χ2n) is 4.13. The van der Waals surface area contributed by atoms with Gasteiger partial charge in [0.1, 0.15) is 5.75 Å². The smallest absolute Gasteiger partial charge is 0.303 e. The third kappa shape index (κ3) is 4.45. The van der Waals surface area contributed by atoms with Gasteiger partial charge >= 0.3 is 5.97 Å². The molecule has 0 saturated carbocycles. The number of aromatic hydroxyl groups is 1. The van der Waals surface area contributed by atoms with E-state index in [1.807, 2.05) is 0 Å². The van der Waals surface area contributed by atoms with Crippen molar-refractivity contribution in [1.29, 1.82) is 0 Å². The van der Waals surface area contributed by atoms with E-state index in [-0.39, 0.29) is 24.5 Å². The number of carbonyl (C=O) groups is 2. The van der Waals surface area contributed by atoms with Gasteiger partial charge < -0.3 is 15.1 Å². The van der Waals surface area contributed by atoms with Crippen LogP contribution in [0.25, 0.3) is 0 Å². The number of carbonyl (C=O) groups excluding carboxylic acids is 1. The summed E-state index contributed by atoms with van der Waals surface area (Å²) in [5.74, 6) is -0.867. The summed E-state index contributed by atoms with van der Waals surface area (Å²) in [4.78, 5) is 23.5. The molecule has 0 aliphatic rings. The van der Waals surface area contributed by atoms with Crippen molar-refractivity contribution < 1.29 is 19.8 Å². The van der Waals surface area contributed by atoms with E-state index in [0.717, 1.165) is 0 Å². The number of benzene rings is 1. The third-order valence-corrected chi connectivity index (χ3v) is 2.61. The van der Waals surface area contributed by atoms with Gasteiger partial charge in [0, 0.05) is 32.0 Å². The van der Waals surface area contributed by atoms with Gasteiger partial charge in [-0.3, -0.25) is 9.59 Å². The number of phenols is 1. The number of carboxylic acids is 1. The van der Waals surface area contributed by atoms with E-state index >= 15 is 0 Å². The SMILES string of the molecule is CN(Cc1ccccc1O)C(=O)CCCC(=O)O. The first-order valence-electron chi connectivity index (χ1n) is 5.73. The summed E-state index contributed by atoms with van der Waals surface area (Å²) in [5, 5.41) is 18.1. The number of carboxylic acid groups (broad SMARTS) is 1. The number of aliphatic carboxylic acids is 1. The molecular formula is C13H17NO4. The number of para-hydroxylation sites is 1. The van der Waals surface area contributed by atoms with Crippen molar-refractivity contribution >= 4 is 11.9 Å². The van der Waals surface area contributed by atoms with Gasteiger partial charge in [-0.25, -0.2) is 0 Å². The molecule has 0 spiro atoms. The van der Waals surface area contributed by atoms with E-state index < -0.39 is 5.97 Å².